The van der Waals surface area contributed by atoms with Crippen LogP contribution in [0.2, 0.25) is 0 Å². The number of sulfonamides is 1. The SMILES string of the molecule is CCCS(=O)(=O)N1CCC(NC(=O)c2ccc(OC)cc2)CC1. The molecule has 1 aliphatic rings. The lowest BCUT2D eigenvalue weighted by Gasteiger charge is -2.31. The number of carbonyl (C=O) groups excluding carboxylic acids is 1. The highest BCUT2D eigenvalue weighted by molar-refractivity contribution is 7.89. The lowest BCUT2D eigenvalue weighted by atomic mass is 10.1. The van der Waals surface area contributed by atoms with Gasteiger partial charge in [-0.3, -0.25) is 4.79 Å². The van der Waals surface area contributed by atoms with Crippen LogP contribution in [-0.4, -0.2) is 50.6 Å². The van der Waals surface area contributed by atoms with Gasteiger partial charge < -0.3 is 10.1 Å². The van der Waals surface area contributed by atoms with Gasteiger partial charge in [-0.15, -0.1) is 0 Å². The average Bonchev–Trinajstić information content (AvgIpc) is 2.55. The molecule has 6 nitrogen and oxygen atoms in total. The maximum Gasteiger partial charge on any atom is 0.251 e. The molecule has 1 heterocycles. The fourth-order valence-electron chi connectivity index (χ4n) is 2.68. The second-order valence-corrected chi connectivity index (χ2v) is 7.78. The summed E-state index contributed by atoms with van der Waals surface area (Å²) in [4.78, 5) is 12.2. The first-order valence-electron chi connectivity index (χ1n) is 7.89. The van der Waals surface area contributed by atoms with Crippen LogP contribution in [0.1, 0.15) is 36.5 Å². The van der Waals surface area contributed by atoms with E-state index in [2.05, 4.69) is 5.32 Å². The van der Waals surface area contributed by atoms with Crippen molar-refractivity contribution in [3.8, 4) is 5.75 Å². The zero-order chi connectivity index (χ0) is 16.9. The largest absolute Gasteiger partial charge is 0.497 e. The Bertz CT molecular complexity index is 620. The van der Waals surface area contributed by atoms with Crippen LogP contribution in [0.5, 0.6) is 5.75 Å². The second kappa shape index (κ2) is 7.79. The normalized spacial score (nSPS) is 17.0. The van der Waals surface area contributed by atoms with Crippen LogP contribution >= 0.6 is 0 Å². The Balaban J connectivity index is 1.87. The smallest absolute Gasteiger partial charge is 0.251 e. The Kier molecular flexibility index (Phi) is 6.01. The van der Waals surface area contributed by atoms with Gasteiger partial charge in [0, 0.05) is 24.7 Å². The molecule has 1 N–H and O–H groups in total. The van der Waals surface area contributed by atoms with E-state index in [9.17, 15) is 13.2 Å². The van der Waals surface area contributed by atoms with Gasteiger partial charge in [0.2, 0.25) is 10.0 Å². The highest BCUT2D eigenvalue weighted by Gasteiger charge is 2.28. The van der Waals surface area contributed by atoms with Crippen LogP contribution in [0.4, 0.5) is 0 Å². The number of methoxy groups -OCH3 is 1. The molecule has 7 heteroatoms. The summed E-state index contributed by atoms with van der Waals surface area (Å²) in [5.41, 5.74) is 0.576. The van der Waals surface area contributed by atoms with E-state index in [1.165, 1.54) is 4.31 Å². The standard InChI is InChI=1S/C16H24N2O4S/c1-3-12-23(20,21)18-10-8-14(9-11-18)17-16(19)13-4-6-15(22-2)7-5-13/h4-7,14H,3,8-12H2,1-2H3,(H,17,19). The molecular formula is C16H24N2O4S. The number of benzene rings is 1. The predicted molar refractivity (Wildman–Crippen MR) is 89.1 cm³/mol. The van der Waals surface area contributed by atoms with Crippen LogP contribution in [0.15, 0.2) is 24.3 Å². The fraction of sp³-hybridized carbons (Fsp3) is 0.562. The Morgan fingerprint density at radius 2 is 1.87 bits per heavy atom. The van der Waals surface area contributed by atoms with Crippen molar-refractivity contribution in [1.82, 2.24) is 9.62 Å². The maximum absolute atomic E-state index is 12.2. The minimum atomic E-state index is -3.14. The van der Waals surface area contributed by atoms with E-state index in [4.69, 9.17) is 4.74 Å². The summed E-state index contributed by atoms with van der Waals surface area (Å²) in [6.07, 6.45) is 1.91. The third-order valence-corrected chi connectivity index (χ3v) is 6.07. The Labute approximate surface area is 137 Å². The number of amides is 1. The third kappa shape index (κ3) is 4.68. The molecule has 0 unspecified atom stereocenters. The van der Waals surface area contributed by atoms with Crippen LogP contribution < -0.4 is 10.1 Å². The van der Waals surface area contributed by atoms with Crippen LogP contribution in [0.3, 0.4) is 0 Å². The van der Waals surface area contributed by atoms with E-state index in [0.29, 0.717) is 43.7 Å². The van der Waals surface area contributed by atoms with E-state index in [0.717, 1.165) is 0 Å². The second-order valence-electron chi connectivity index (χ2n) is 5.69. The molecule has 0 aromatic heterocycles. The van der Waals surface area contributed by atoms with E-state index in [1.807, 2.05) is 6.92 Å². The number of rotatable bonds is 6. The lowest BCUT2D eigenvalue weighted by Crippen LogP contribution is -2.47. The number of piperidine rings is 1. The minimum Gasteiger partial charge on any atom is -0.497 e. The van der Waals surface area contributed by atoms with Crippen molar-refractivity contribution in [3.63, 3.8) is 0 Å². The molecular weight excluding hydrogens is 316 g/mol. The molecule has 1 aliphatic heterocycles. The van der Waals surface area contributed by atoms with Gasteiger partial charge in [0.15, 0.2) is 0 Å². The highest BCUT2D eigenvalue weighted by Crippen LogP contribution is 2.16. The quantitative estimate of drug-likeness (QED) is 0.854. The van der Waals surface area contributed by atoms with Crippen molar-refractivity contribution in [3.05, 3.63) is 29.8 Å². The zero-order valence-electron chi connectivity index (χ0n) is 13.6. The summed E-state index contributed by atoms with van der Waals surface area (Å²) in [6, 6.07) is 6.94. The van der Waals surface area contributed by atoms with Crippen molar-refractivity contribution >= 4 is 15.9 Å². The van der Waals surface area contributed by atoms with E-state index in [-0.39, 0.29) is 17.7 Å². The van der Waals surface area contributed by atoms with E-state index in [1.54, 1.807) is 31.4 Å². The summed E-state index contributed by atoms with van der Waals surface area (Å²) in [5.74, 6) is 0.758. The van der Waals surface area contributed by atoms with Crippen molar-refractivity contribution in [2.75, 3.05) is 26.0 Å². The molecule has 128 valence electrons. The molecule has 0 radical (unpaired) electrons. The maximum atomic E-state index is 12.2. The molecule has 23 heavy (non-hydrogen) atoms. The number of carbonyl (C=O) groups is 1. The summed E-state index contributed by atoms with van der Waals surface area (Å²) in [5, 5.41) is 2.98. The van der Waals surface area contributed by atoms with Gasteiger partial charge in [0.1, 0.15) is 5.75 Å². The van der Waals surface area contributed by atoms with Gasteiger partial charge in [0.25, 0.3) is 5.91 Å². The van der Waals surface area contributed by atoms with Gasteiger partial charge in [-0.05, 0) is 43.5 Å². The summed E-state index contributed by atoms with van der Waals surface area (Å²) >= 11 is 0. The van der Waals surface area contributed by atoms with Crippen molar-refractivity contribution < 1.29 is 17.9 Å². The Morgan fingerprint density at radius 1 is 1.26 bits per heavy atom. The number of nitrogens with zero attached hydrogens (tertiary/aromatic N) is 1. The number of hydrogen-bond acceptors (Lipinski definition) is 4. The third-order valence-electron chi connectivity index (χ3n) is 4.00. The van der Waals surface area contributed by atoms with Crippen LogP contribution in [0, 0.1) is 0 Å². The molecule has 1 aromatic carbocycles. The van der Waals surface area contributed by atoms with Crippen molar-refractivity contribution in [1.29, 1.82) is 0 Å². The molecule has 2 rings (SSSR count). The number of nitrogens with one attached hydrogen (secondary N) is 1. The fourth-order valence-corrected chi connectivity index (χ4v) is 4.22. The van der Waals surface area contributed by atoms with Crippen molar-refractivity contribution in [2.45, 2.75) is 32.2 Å². The lowest BCUT2D eigenvalue weighted by molar-refractivity contribution is 0.0924. The van der Waals surface area contributed by atoms with Gasteiger partial charge >= 0.3 is 0 Å². The molecule has 1 amide bonds. The minimum absolute atomic E-state index is 0.0117. The Morgan fingerprint density at radius 3 is 2.39 bits per heavy atom. The summed E-state index contributed by atoms with van der Waals surface area (Å²) < 4.78 is 30.6. The first-order valence-corrected chi connectivity index (χ1v) is 9.50. The molecule has 1 fully saturated rings. The van der Waals surface area contributed by atoms with Gasteiger partial charge in [0.05, 0.1) is 12.9 Å². The van der Waals surface area contributed by atoms with Crippen molar-refractivity contribution in [2.24, 2.45) is 0 Å². The topological polar surface area (TPSA) is 75.7 Å². The van der Waals surface area contributed by atoms with E-state index >= 15 is 0 Å². The van der Waals surface area contributed by atoms with E-state index < -0.39 is 10.0 Å². The average molecular weight is 340 g/mol. The Hall–Kier alpha value is -1.60. The first kappa shape index (κ1) is 17.7. The molecule has 0 spiro atoms. The predicted octanol–water partition coefficient (Wildman–Crippen LogP) is 1.63. The zero-order valence-corrected chi connectivity index (χ0v) is 14.4. The van der Waals surface area contributed by atoms with Crippen LogP contribution in [0.25, 0.3) is 0 Å². The summed E-state index contributed by atoms with van der Waals surface area (Å²) in [7, 11) is -1.56. The molecule has 1 aromatic rings. The molecule has 0 atom stereocenters. The summed E-state index contributed by atoms with van der Waals surface area (Å²) in [6.45, 7) is 2.80. The number of hydrogen-bond donors (Lipinski definition) is 1. The van der Waals surface area contributed by atoms with Crippen LogP contribution in [-0.2, 0) is 10.0 Å². The first-order chi connectivity index (χ1) is 11.0. The molecule has 0 saturated carbocycles. The van der Waals surface area contributed by atoms with Gasteiger partial charge in [-0.25, -0.2) is 12.7 Å². The molecule has 0 bridgehead atoms. The molecule has 0 aliphatic carbocycles. The van der Waals surface area contributed by atoms with Gasteiger partial charge in [-0.1, -0.05) is 6.92 Å². The molecule has 1 saturated heterocycles. The highest BCUT2D eigenvalue weighted by atomic mass is 32.2. The number of ether oxygens (including phenoxy) is 1. The monoisotopic (exact) mass is 340 g/mol. The van der Waals surface area contributed by atoms with Gasteiger partial charge in [-0.2, -0.15) is 0 Å².